The molecule has 1 rings (SSSR count). The monoisotopic (exact) mass is 270 g/mol. The molecule has 0 aliphatic carbocycles. The molecule has 17 heavy (non-hydrogen) atoms. The van der Waals surface area contributed by atoms with Crippen molar-refractivity contribution in [3.05, 3.63) is 0 Å². The Morgan fingerprint density at radius 2 is 1.88 bits per heavy atom. The summed E-state index contributed by atoms with van der Waals surface area (Å²) in [7, 11) is -2.64. The average Bonchev–Trinajstić information content (AvgIpc) is 2.28. The molecule has 0 spiro atoms. The molecule has 0 aromatic heterocycles. The molecule has 2 unspecified atom stereocenters. The van der Waals surface area contributed by atoms with Gasteiger partial charge in [0.25, 0.3) is 0 Å². The standard InChI is InChI=1S/C9H19O7P/c1-2-15-9-8(12)7(11)6(10)5(16-9)3-4-17(13)14/h5-12,17H,2-4H2,1H3,(H,13,14)/t5-,6-,7+,8+,9?/m1/s1. The maximum atomic E-state index is 10.6. The second-order valence-corrected chi connectivity index (χ2v) is 5.19. The second kappa shape index (κ2) is 6.80. The summed E-state index contributed by atoms with van der Waals surface area (Å²) in [6.45, 7) is 1.99. The van der Waals surface area contributed by atoms with Gasteiger partial charge in [-0.3, -0.25) is 4.57 Å². The van der Waals surface area contributed by atoms with Gasteiger partial charge < -0.3 is 29.7 Å². The minimum absolute atomic E-state index is 0.00590. The smallest absolute Gasteiger partial charge is 0.189 e. The minimum Gasteiger partial charge on any atom is -0.388 e. The van der Waals surface area contributed by atoms with Crippen LogP contribution in [0.25, 0.3) is 0 Å². The third-order valence-electron chi connectivity index (χ3n) is 2.64. The van der Waals surface area contributed by atoms with Gasteiger partial charge in [0, 0.05) is 12.8 Å². The van der Waals surface area contributed by atoms with E-state index in [0.717, 1.165) is 0 Å². The van der Waals surface area contributed by atoms with Crippen LogP contribution in [0.1, 0.15) is 13.3 Å². The van der Waals surface area contributed by atoms with Crippen molar-refractivity contribution in [2.75, 3.05) is 12.8 Å². The molecule has 1 fully saturated rings. The fourth-order valence-electron chi connectivity index (χ4n) is 1.72. The lowest BCUT2D eigenvalue weighted by Crippen LogP contribution is -2.58. The summed E-state index contributed by atoms with van der Waals surface area (Å²) in [5, 5.41) is 28.8. The Morgan fingerprint density at radius 1 is 1.24 bits per heavy atom. The Labute approximate surface area is 99.8 Å². The summed E-state index contributed by atoms with van der Waals surface area (Å²) in [6, 6.07) is 0. The van der Waals surface area contributed by atoms with Gasteiger partial charge in [-0.05, 0) is 13.3 Å². The molecule has 4 N–H and O–H groups in total. The Morgan fingerprint density at radius 3 is 2.41 bits per heavy atom. The summed E-state index contributed by atoms with van der Waals surface area (Å²) in [6.07, 6.45) is -5.71. The first-order valence-corrected chi connectivity index (χ1v) is 7.06. The molecular formula is C9H19O7P. The van der Waals surface area contributed by atoms with E-state index in [1.54, 1.807) is 6.92 Å². The van der Waals surface area contributed by atoms with Crippen LogP contribution in [-0.4, -0.2) is 63.7 Å². The molecule has 0 amide bonds. The Hall–Kier alpha value is -0.0100. The van der Waals surface area contributed by atoms with Crippen LogP contribution in [0.4, 0.5) is 0 Å². The molecule has 0 bridgehead atoms. The van der Waals surface area contributed by atoms with E-state index in [1.807, 2.05) is 0 Å². The zero-order chi connectivity index (χ0) is 13.0. The number of hydrogen-bond acceptors (Lipinski definition) is 6. The van der Waals surface area contributed by atoms with Gasteiger partial charge in [-0.1, -0.05) is 0 Å². The van der Waals surface area contributed by atoms with Gasteiger partial charge in [-0.25, -0.2) is 0 Å². The van der Waals surface area contributed by atoms with Gasteiger partial charge in [-0.15, -0.1) is 0 Å². The van der Waals surface area contributed by atoms with Crippen LogP contribution in [0, 0.1) is 0 Å². The zero-order valence-corrected chi connectivity index (χ0v) is 10.5. The Bertz CT molecular complexity index is 262. The molecule has 1 heterocycles. The highest BCUT2D eigenvalue weighted by Crippen LogP contribution is 2.26. The van der Waals surface area contributed by atoms with Crippen molar-refractivity contribution in [3.8, 4) is 0 Å². The van der Waals surface area contributed by atoms with E-state index >= 15 is 0 Å². The van der Waals surface area contributed by atoms with Crippen LogP contribution in [-0.2, 0) is 14.0 Å². The predicted molar refractivity (Wildman–Crippen MR) is 59.0 cm³/mol. The van der Waals surface area contributed by atoms with Crippen molar-refractivity contribution in [2.45, 2.75) is 44.1 Å². The first-order valence-electron chi connectivity index (χ1n) is 5.50. The highest BCUT2D eigenvalue weighted by atomic mass is 31.1. The van der Waals surface area contributed by atoms with Crippen molar-refractivity contribution in [3.63, 3.8) is 0 Å². The SMILES string of the molecule is CCOC1O[C@H](CC[PH](=O)O)[C@@H](O)[C@H](O)[C@@H]1O. The van der Waals surface area contributed by atoms with Crippen LogP contribution in [0.5, 0.6) is 0 Å². The van der Waals surface area contributed by atoms with Crippen LogP contribution in [0.15, 0.2) is 0 Å². The molecule has 0 saturated carbocycles. The molecule has 0 radical (unpaired) electrons. The summed E-state index contributed by atoms with van der Waals surface area (Å²) < 4.78 is 20.9. The average molecular weight is 270 g/mol. The third-order valence-corrected chi connectivity index (χ3v) is 3.36. The van der Waals surface area contributed by atoms with E-state index in [9.17, 15) is 19.9 Å². The van der Waals surface area contributed by atoms with E-state index in [2.05, 4.69) is 0 Å². The molecule has 8 heteroatoms. The van der Waals surface area contributed by atoms with E-state index in [1.165, 1.54) is 0 Å². The lowest BCUT2D eigenvalue weighted by molar-refractivity contribution is -0.295. The van der Waals surface area contributed by atoms with Crippen molar-refractivity contribution in [1.29, 1.82) is 0 Å². The highest BCUT2D eigenvalue weighted by Gasteiger charge is 2.43. The van der Waals surface area contributed by atoms with E-state index in [-0.39, 0.29) is 19.2 Å². The minimum atomic E-state index is -2.64. The van der Waals surface area contributed by atoms with Gasteiger partial charge >= 0.3 is 0 Å². The zero-order valence-electron chi connectivity index (χ0n) is 9.52. The molecule has 6 atom stereocenters. The van der Waals surface area contributed by atoms with E-state index in [0.29, 0.717) is 0 Å². The van der Waals surface area contributed by atoms with Crippen LogP contribution in [0.3, 0.4) is 0 Å². The van der Waals surface area contributed by atoms with Gasteiger partial charge in [0.1, 0.15) is 18.3 Å². The maximum absolute atomic E-state index is 10.6. The molecule has 102 valence electrons. The van der Waals surface area contributed by atoms with Gasteiger partial charge in [0.15, 0.2) is 14.3 Å². The number of ether oxygens (including phenoxy) is 2. The number of hydrogen-bond donors (Lipinski definition) is 4. The third kappa shape index (κ3) is 3.99. The topological polar surface area (TPSA) is 116 Å². The lowest BCUT2D eigenvalue weighted by Gasteiger charge is -2.40. The molecule has 1 saturated heterocycles. The van der Waals surface area contributed by atoms with Gasteiger partial charge in [0.2, 0.25) is 0 Å². The molecule has 0 aromatic carbocycles. The van der Waals surface area contributed by atoms with Crippen LogP contribution >= 0.6 is 8.03 Å². The normalized spacial score (nSPS) is 40.2. The number of aliphatic hydroxyl groups is 3. The first-order chi connectivity index (χ1) is 7.97. The molecular weight excluding hydrogens is 251 g/mol. The summed E-state index contributed by atoms with van der Waals surface area (Å²) >= 11 is 0. The molecule has 1 aliphatic rings. The quantitative estimate of drug-likeness (QED) is 0.458. The predicted octanol–water partition coefficient (Wildman–Crippen LogP) is -1.31. The van der Waals surface area contributed by atoms with Gasteiger partial charge in [0.05, 0.1) is 6.10 Å². The fraction of sp³-hybridized carbons (Fsp3) is 1.00. The maximum Gasteiger partial charge on any atom is 0.189 e. The summed E-state index contributed by atoms with van der Waals surface area (Å²) in [5.74, 6) is 0. The van der Waals surface area contributed by atoms with E-state index in [4.69, 9.17) is 14.4 Å². The first kappa shape index (κ1) is 15.0. The van der Waals surface area contributed by atoms with Crippen molar-refractivity contribution in [2.24, 2.45) is 0 Å². The van der Waals surface area contributed by atoms with Crippen molar-refractivity contribution in [1.82, 2.24) is 0 Å². The number of rotatable bonds is 5. The Kier molecular flexibility index (Phi) is 6.02. The van der Waals surface area contributed by atoms with Crippen molar-refractivity contribution < 1.29 is 34.3 Å². The largest absolute Gasteiger partial charge is 0.388 e. The van der Waals surface area contributed by atoms with Crippen LogP contribution in [0.2, 0.25) is 0 Å². The van der Waals surface area contributed by atoms with E-state index < -0.39 is 38.7 Å². The molecule has 7 nitrogen and oxygen atoms in total. The van der Waals surface area contributed by atoms with Gasteiger partial charge in [-0.2, -0.15) is 0 Å². The molecule has 0 aromatic rings. The number of aliphatic hydroxyl groups excluding tert-OH is 3. The highest BCUT2D eigenvalue weighted by molar-refractivity contribution is 7.37. The Balaban J connectivity index is 2.60. The summed E-state index contributed by atoms with van der Waals surface area (Å²) in [5.41, 5.74) is 0. The lowest BCUT2D eigenvalue weighted by atomic mass is 9.97. The molecule has 1 aliphatic heterocycles. The van der Waals surface area contributed by atoms with Crippen molar-refractivity contribution >= 4 is 8.03 Å². The second-order valence-electron chi connectivity index (χ2n) is 3.90. The fourth-order valence-corrected chi connectivity index (χ4v) is 2.25. The van der Waals surface area contributed by atoms with Crippen LogP contribution < -0.4 is 0 Å². The summed E-state index contributed by atoms with van der Waals surface area (Å²) in [4.78, 5) is 8.72.